The van der Waals surface area contributed by atoms with Gasteiger partial charge in [-0.05, 0) is 48.9 Å². The summed E-state index contributed by atoms with van der Waals surface area (Å²) in [4.78, 5) is 37.3. The van der Waals surface area contributed by atoms with Gasteiger partial charge in [-0.3, -0.25) is 9.59 Å². The zero-order valence-corrected chi connectivity index (χ0v) is 15.0. The van der Waals surface area contributed by atoms with Gasteiger partial charge in [0.2, 0.25) is 5.91 Å². The van der Waals surface area contributed by atoms with Crippen LogP contribution in [0.5, 0.6) is 5.75 Å². The largest absolute Gasteiger partial charge is 0.507 e. The summed E-state index contributed by atoms with van der Waals surface area (Å²) in [7, 11) is 0. The first kappa shape index (κ1) is 18.7. The molecule has 27 heavy (non-hydrogen) atoms. The summed E-state index contributed by atoms with van der Waals surface area (Å²) in [5, 5.41) is 12.5. The molecule has 1 saturated heterocycles. The molecule has 2 aromatic rings. The summed E-state index contributed by atoms with van der Waals surface area (Å²) in [6, 6.07) is 10.8. The number of rotatable bonds is 5. The average molecular weight is 389 g/mol. The molecular formula is C19H17ClN2O5. The zero-order valence-electron chi connectivity index (χ0n) is 14.3. The number of hydrogen-bond acceptors (Lipinski definition) is 5. The number of benzene rings is 2. The lowest BCUT2D eigenvalue weighted by molar-refractivity contribution is -0.119. The molecule has 0 unspecified atom stereocenters. The Morgan fingerprint density at radius 1 is 1.19 bits per heavy atom. The number of phenolic OH excluding ortho intramolecular Hbond substituents is 1. The molecule has 0 saturated carbocycles. The van der Waals surface area contributed by atoms with E-state index in [1.54, 1.807) is 29.2 Å². The maximum Gasteiger partial charge on any atom is 0.342 e. The number of hydrogen-bond donors (Lipinski definition) is 2. The van der Waals surface area contributed by atoms with Gasteiger partial charge in [-0.1, -0.05) is 11.6 Å². The molecule has 1 aliphatic heterocycles. The SMILES string of the molecule is O=C(COC(=O)c1cc(Cl)ccc1O)Nc1ccc(N2CCCC2=O)cc1. The number of carbonyl (C=O) groups excluding carboxylic acids is 3. The van der Waals surface area contributed by atoms with Crippen molar-refractivity contribution >= 4 is 40.8 Å². The van der Waals surface area contributed by atoms with Gasteiger partial charge < -0.3 is 20.1 Å². The Kier molecular flexibility index (Phi) is 5.61. The molecule has 2 amide bonds. The fraction of sp³-hybridized carbons (Fsp3) is 0.211. The molecule has 8 heteroatoms. The summed E-state index contributed by atoms with van der Waals surface area (Å²) in [6.45, 7) is 0.175. The third kappa shape index (κ3) is 4.57. The van der Waals surface area contributed by atoms with Crippen molar-refractivity contribution in [3.05, 3.63) is 53.1 Å². The van der Waals surface area contributed by atoms with E-state index in [-0.39, 0.29) is 22.2 Å². The Balaban J connectivity index is 1.54. The van der Waals surface area contributed by atoms with Gasteiger partial charge in [0, 0.05) is 29.4 Å². The second kappa shape index (κ2) is 8.09. The highest BCUT2D eigenvalue weighted by Gasteiger charge is 2.21. The number of nitrogens with one attached hydrogen (secondary N) is 1. The topological polar surface area (TPSA) is 95.9 Å². The van der Waals surface area contributed by atoms with Crippen LogP contribution in [0.15, 0.2) is 42.5 Å². The van der Waals surface area contributed by atoms with Crippen molar-refractivity contribution < 1.29 is 24.2 Å². The summed E-state index contributed by atoms with van der Waals surface area (Å²) < 4.78 is 4.89. The number of amides is 2. The van der Waals surface area contributed by atoms with E-state index in [1.807, 2.05) is 0 Å². The lowest BCUT2D eigenvalue weighted by atomic mass is 10.2. The van der Waals surface area contributed by atoms with E-state index in [2.05, 4.69) is 5.32 Å². The van der Waals surface area contributed by atoms with Gasteiger partial charge in [0.1, 0.15) is 11.3 Å². The molecule has 0 aromatic heterocycles. The summed E-state index contributed by atoms with van der Waals surface area (Å²) in [5.74, 6) is -1.58. The Hall–Kier alpha value is -3.06. The first-order valence-corrected chi connectivity index (χ1v) is 8.68. The standard InChI is InChI=1S/C19H17ClN2O5/c20-12-3-8-16(23)15(10-12)19(26)27-11-17(24)21-13-4-6-14(7-5-13)22-9-1-2-18(22)25/h3-8,10,23H,1-2,9,11H2,(H,21,24). The van der Waals surface area contributed by atoms with Crippen molar-refractivity contribution in [2.45, 2.75) is 12.8 Å². The maximum atomic E-state index is 12.0. The van der Waals surface area contributed by atoms with E-state index < -0.39 is 18.5 Å². The molecule has 140 valence electrons. The van der Waals surface area contributed by atoms with Crippen LogP contribution in [0.2, 0.25) is 5.02 Å². The van der Waals surface area contributed by atoms with Crippen molar-refractivity contribution in [1.29, 1.82) is 0 Å². The highest BCUT2D eigenvalue weighted by atomic mass is 35.5. The summed E-state index contributed by atoms with van der Waals surface area (Å²) in [5.41, 5.74) is 1.17. The Labute approximate surface area is 160 Å². The molecule has 2 aromatic carbocycles. The van der Waals surface area contributed by atoms with Gasteiger partial charge in [-0.2, -0.15) is 0 Å². The Bertz CT molecular complexity index is 882. The van der Waals surface area contributed by atoms with Crippen molar-refractivity contribution in [3.8, 4) is 5.75 Å². The second-order valence-electron chi connectivity index (χ2n) is 5.98. The van der Waals surface area contributed by atoms with Crippen LogP contribution in [0.3, 0.4) is 0 Å². The molecular weight excluding hydrogens is 372 g/mol. The minimum atomic E-state index is -0.854. The van der Waals surface area contributed by atoms with E-state index >= 15 is 0 Å². The second-order valence-corrected chi connectivity index (χ2v) is 6.42. The maximum absolute atomic E-state index is 12.0. The van der Waals surface area contributed by atoms with Gasteiger partial charge in [0.15, 0.2) is 6.61 Å². The summed E-state index contributed by atoms with van der Waals surface area (Å²) >= 11 is 5.78. The lowest BCUT2D eigenvalue weighted by Gasteiger charge is -2.16. The van der Waals surface area contributed by atoms with Crippen LogP contribution >= 0.6 is 11.6 Å². The van der Waals surface area contributed by atoms with Gasteiger partial charge in [-0.25, -0.2) is 4.79 Å². The quantitative estimate of drug-likeness (QED) is 0.768. The van der Waals surface area contributed by atoms with Crippen LogP contribution in [0.4, 0.5) is 11.4 Å². The minimum absolute atomic E-state index is 0.0861. The van der Waals surface area contributed by atoms with Crippen molar-refractivity contribution in [1.82, 2.24) is 0 Å². The fourth-order valence-electron chi connectivity index (χ4n) is 2.72. The molecule has 1 aliphatic rings. The highest BCUT2D eigenvalue weighted by molar-refractivity contribution is 6.31. The third-order valence-corrected chi connectivity index (χ3v) is 4.28. The van der Waals surface area contributed by atoms with Crippen molar-refractivity contribution in [2.75, 3.05) is 23.4 Å². The number of phenols is 1. The molecule has 0 atom stereocenters. The number of esters is 1. The number of anilines is 2. The van der Waals surface area contributed by atoms with Gasteiger partial charge in [-0.15, -0.1) is 0 Å². The number of aromatic hydroxyl groups is 1. The first-order valence-electron chi connectivity index (χ1n) is 8.30. The Morgan fingerprint density at radius 2 is 1.93 bits per heavy atom. The minimum Gasteiger partial charge on any atom is -0.507 e. The molecule has 1 heterocycles. The van der Waals surface area contributed by atoms with Crippen molar-refractivity contribution in [2.24, 2.45) is 0 Å². The van der Waals surface area contributed by atoms with Crippen LogP contribution in [0.1, 0.15) is 23.2 Å². The normalized spacial score (nSPS) is 13.5. The molecule has 2 N–H and O–H groups in total. The van der Waals surface area contributed by atoms with E-state index in [0.29, 0.717) is 18.7 Å². The van der Waals surface area contributed by atoms with E-state index in [4.69, 9.17) is 16.3 Å². The van der Waals surface area contributed by atoms with Gasteiger partial charge in [0.05, 0.1) is 0 Å². The molecule has 0 aliphatic carbocycles. The number of ether oxygens (including phenoxy) is 1. The molecule has 1 fully saturated rings. The zero-order chi connectivity index (χ0) is 19.4. The molecule has 3 rings (SSSR count). The molecule has 7 nitrogen and oxygen atoms in total. The van der Waals surface area contributed by atoms with Crippen LogP contribution in [0.25, 0.3) is 0 Å². The smallest absolute Gasteiger partial charge is 0.342 e. The van der Waals surface area contributed by atoms with Crippen LogP contribution < -0.4 is 10.2 Å². The Morgan fingerprint density at radius 3 is 2.59 bits per heavy atom. The number of carbonyl (C=O) groups is 3. The van der Waals surface area contributed by atoms with Gasteiger partial charge >= 0.3 is 5.97 Å². The van der Waals surface area contributed by atoms with E-state index in [1.165, 1.54) is 18.2 Å². The van der Waals surface area contributed by atoms with Gasteiger partial charge in [0.25, 0.3) is 5.91 Å². The third-order valence-electron chi connectivity index (χ3n) is 4.05. The molecule has 0 bridgehead atoms. The number of nitrogens with zero attached hydrogens (tertiary/aromatic N) is 1. The molecule has 0 radical (unpaired) electrons. The lowest BCUT2D eigenvalue weighted by Crippen LogP contribution is -2.23. The predicted octanol–water partition coefficient (Wildman–Crippen LogP) is 2.97. The monoisotopic (exact) mass is 388 g/mol. The van der Waals surface area contributed by atoms with Crippen molar-refractivity contribution in [3.63, 3.8) is 0 Å². The average Bonchev–Trinajstić information content (AvgIpc) is 3.08. The summed E-state index contributed by atoms with van der Waals surface area (Å²) in [6.07, 6.45) is 1.39. The van der Waals surface area contributed by atoms with Crippen LogP contribution in [0, 0.1) is 0 Å². The van der Waals surface area contributed by atoms with E-state index in [9.17, 15) is 19.5 Å². The first-order chi connectivity index (χ1) is 12.9. The molecule has 0 spiro atoms. The number of halogens is 1. The predicted molar refractivity (Wildman–Crippen MR) is 100 cm³/mol. The fourth-order valence-corrected chi connectivity index (χ4v) is 2.90. The highest BCUT2D eigenvalue weighted by Crippen LogP contribution is 2.24. The van der Waals surface area contributed by atoms with Crippen LogP contribution in [-0.2, 0) is 14.3 Å². The van der Waals surface area contributed by atoms with Crippen LogP contribution in [-0.4, -0.2) is 36.0 Å². The van der Waals surface area contributed by atoms with E-state index in [0.717, 1.165) is 12.1 Å².